The van der Waals surface area contributed by atoms with Crippen LogP contribution >= 0.6 is 11.6 Å². The smallest absolute Gasteiger partial charge is 0.256 e. The Bertz CT molecular complexity index is 1020. The van der Waals surface area contributed by atoms with E-state index in [0.29, 0.717) is 24.2 Å². The molecule has 7 nitrogen and oxygen atoms in total. The zero-order valence-corrected chi connectivity index (χ0v) is 16.9. The Morgan fingerprint density at radius 2 is 1.96 bits per heavy atom. The highest BCUT2D eigenvalue weighted by molar-refractivity contribution is 7.90. The predicted octanol–water partition coefficient (Wildman–Crippen LogP) is 2.89. The standard InChI is InChI=1S/C19H21ClN4O3S/c20-14-11-21-24(12-14)16-1-3-17(4-2-16)27-13-19-7-5-15(6-8-19)23-9-10-28(25,26)22-18(19)23/h1-4,11-12,15H,5-10,13H2. The molecule has 4 heterocycles. The molecule has 0 unspecified atom stereocenters. The number of fused-ring (bicyclic) bond motifs is 2. The van der Waals surface area contributed by atoms with Crippen LogP contribution in [0.5, 0.6) is 5.75 Å². The van der Waals surface area contributed by atoms with Gasteiger partial charge in [-0.25, -0.2) is 13.1 Å². The minimum absolute atomic E-state index is 0.114. The number of piperidine rings is 2. The van der Waals surface area contributed by atoms with Crippen LogP contribution in [0.25, 0.3) is 5.69 Å². The normalized spacial score (nSPS) is 28.0. The van der Waals surface area contributed by atoms with Crippen LogP contribution in [0, 0.1) is 5.41 Å². The van der Waals surface area contributed by atoms with E-state index in [4.69, 9.17) is 16.3 Å². The fraction of sp³-hybridized carbons (Fsp3) is 0.474. The van der Waals surface area contributed by atoms with Crippen LogP contribution in [0.2, 0.25) is 5.02 Å². The lowest BCUT2D eigenvalue weighted by molar-refractivity contribution is 0.0656. The van der Waals surface area contributed by atoms with Gasteiger partial charge in [-0.1, -0.05) is 11.6 Å². The molecule has 1 saturated carbocycles. The van der Waals surface area contributed by atoms with Gasteiger partial charge in [-0.15, -0.1) is 4.40 Å². The van der Waals surface area contributed by atoms with Gasteiger partial charge in [-0.2, -0.15) is 5.10 Å². The molecule has 0 spiro atoms. The first kappa shape index (κ1) is 18.0. The Morgan fingerprint density at radius 1 is 1.21 bits per heavy atom. The first-order valence-corrected chi connectivity index (χ1v) is 11.5. The monoisotopic (exact) mass is 420 g/mol. The van der Waals surface area contributed by atoms with E-state index in [1.807, 2.05) is 24.3 Å². The number of ether oxygens (including phenoxy) is 1. The van der Waals surface area contributed by atoms with Crippen LogP contribution in [0.15, 0.2) is 41.1 Å². The van der Waals surface area contributed by atoms with Crippen LogP contribution < -0.4 is 4.74 Å². The molecule has 1 aromatic carbocycles. The predicted molar refractivity (Wildman–Crippen MR) is 107 cm³/mol. The summed E-state index contributed by atoms with van der Waals surface area (Å²) < 4.78 is 36.2. The van der Waals surface area contributed by atoms with Crippen molar-refractivity contribution in [3.05, 3.63) is 41.7 Å². The summed E-state index contributed by atoms with van der Waals surface area (Å²) in [6, 6.07) is 8.06. The van der Waals surface area contributed by atoms with Crippen LogP contribution in [-0.2, 0) is 10.0 Å². The van der Waals surface area contributed by atoms with Gasteiger partial charge in [0.25, 0.3) is 10.0 Å². The summed E-state index contributed by atoms with van der Waals surface area (Å²) in [5, 5.41) is 4.77. The molecule has 2 saturated heterocycles. The number of nitrogens with zero attached hydrogens (tertiary/aromatic N) is 4. The second-order valence-corrected chi connectivity index (χ2v) is 9.98. The van der Waals surface area contributed by atoms with Crippen LogP contribution in [0.4, 0.5) is 0 Å². The molecule has 4 aliphatic rings. The molecule has 0 N–H and O–H groups in total. The van der Waals surface area contributed by atoms with Gasteiger partial charge in [0.1, 0.15) is 18.2 Å². The molecule has 0 radical (unpaired) electrons. The van der Waals surface area contributed by atoms with Gasteiger partial charge in [0.05, 0.1) is 28.1 Å². The highest BCUT2D eigenvalue weighted by atomic mass is 35.5. The highest BCUT2D eigenvalue weighted by Gasteiger charge is 2.52. The molecular formula is C19H21ClN4O3S. The molecule has 2 aromatic rings. The fourth-order valence-corrected chi connectivity index (χ4v) is 5.78. The summed E-state index contributed by atoms with van der Waals surface area (Å²) in [6.45, 7) is 0.992. The van der Waals surface area contributed by atoms with E-state index in [0.717, 1.165) is 43.0 Å². The Hall–Kier alpha value is -2.06. The third-order valence-electron chi connectivity index (χ3n) is 6.08. The number of rotatable bonds is 4. The lowest BCUT2D eigenvalue weighted by Gasteiger charge is -2.54. The molecule has 2 bridgehead atoms. The van der Waals surface area contributed by atoms with Crippen LogP contribution in [0.3, 0.4) is 0 Å². The van der Waals surface area contributed by atoms with Crippen molar-refractivity contribution < 1.29 is 13.2 Å². The third-order valence-corrected chi connectivity index (χ3v) is 7.43. The van der Waals surface area contributed by atoms with Gasteiger partial charge in [0.2, 0.25) is 0 Å². The van der Waals surface area contributed by atoms with E-state index in [1.54, 1.807) is 17.1 Å². The number of aromatic nitrogens is 2. The van der Waals surface area contributed by atoms with Crippen molar-refractivity contribution in [1.29, 1.82) is 0 Å². The van der Waals surface area contributed by atoms with Gasteiger partial charge >= 0.3 is 0 Å². The quantitative estimate of drug-likeness (QED) is 0.760. The van der Waals surface area contributed by atoms with Gasteiger partial charge in [-0.3, -0.25) is 0 Å². The zero-order chi connectivity index (χ0) is 19.4. The Morgan fingerprint density at radius 3 is 2.64 bits per heavy atom. The van der Waals surface area contributed by atoms with Gasteiger partial charge in [-0.05, 0) is 49.9 Å². The van der Waals surface area contributed by atoms with Crippen LogP contribution in [0.1, 0.15) is 25.7 Å². The molecule has 1 aromatic heterocycles. The highest BCUT2D eigenvalue weighted by Crippen LogP contribution is 2.47. The van der Waals surface area contributed by atoms with E-state index < -0.39 is 10.0 Å². The van der Waals surface area contributed by atoms with E-state index in [9.17, 15) is 8.42 Å². The molecule has 0 amide bonds. The van der Waals surface area contributed by atoms with Gasteiger partial charge < -0.3 is 9.64 Å². The van der Waals surface area contributed by atoms with Crippen LogP contribution in [-0.4, -0.2) is 53.9 Å². The number of sulfonamides is 1. The first-order chi connectivity index (χ1) is 13.4. The molecule has 0 atom stereocenters. The molecule has 3 fully saturated rings. The largest absolute Gasteiger partial charge is 0.493 e. The lowest BCUT2D eigenvalue weighted by atomic mass is 9.67. The fourth-order valence-electron chi connectivity index (χ4n) is 4.56. The number of hydrogen-bond acceptors (Lipinski definition) is 5. The van der Waals surface area contributed by atoms with Gasteiger partial charge in [0, 0.05) is 18.8 Å². The second-order valence-electron chi connectivity index (χ2n) is 7.79. The molecular weight excluding hydrogens is 400 g/mol. The summed E-state index contributed by atoms with van der Waals surface area (Å²) in [5.74, 6) is 1.59. The van der Waals surface area contributed by atoms with Crippen molar-refractivity contribution >= 4 is 27.5 Å². The number of halogens is 1. The summed E-state index contributed by atoms with van der Waals surface area (Å²) in [5.41, 5.74) is 0.584. The van der Waals surface area contributed by atoms with Gasteiger partial charge in [0.15, 0.2) is 0 Å². The SMILES string of the molecule is O=S1(=O)CCN2C(=N1)C1(COc3ccc(-n4cc(Cl)cn4)cc3)CCC2CC1. The zero-order valence-electron chi connectivity index (χ0n) is 15.3. The number of amidine groups is 1. The maximum Gasteiger partial charge on any atom is 0.256 e. The van der Waals surface area contributed by atoms with Crippen molar-refractivity contribution in [2.45, 2.75) is 31.7 Å². The van der Waals surface area contributed by atoms with Crippen molar-refractivity contribution in [3.63, 3.8) is 0 Å². The molecule has 6 rings (SSSR count). The Kier molecular flexibility index (Phi) is 4.17. The van der Waals surface area contributed by atoms with Crippen molar-refractivity contribution in [1.82, 2.24) is 14.7 Å². The topological polar surface area (TPSA) is 76.8 Å². The average Bonchev–Trinajstić information content (AvgIpc) is 3.13. The Balaban J connectivity index is 1.36. The van der Waals surface area contributed by atoms with E-state index >= 15 is 0 Å². The van der Waals surface area contributed by atoms with E-state index in [-0.39, 0.29) is 11.2 Å². The summed E-state index contributed by atoms with van der Waals surface area (Å²) in [4.78, 5) is 2.21. The first-order valence-electron chi connectivity index (χ1n) is 9.47. The van der Waals surface area contributed by atoms with E-state index in [1.165, 1.54) is 0 Å². The molecule has 9 heteroatoms. The molecule has 148 valence electrons. The maximum atomic E-state index is 12.1. The average molecular weight is 421 g/mol. The minimum Gasteiger partial charge on any atom is -0.493 e. The van der Waals surface area contributed by atoms with E-state index in [2.05, 4.69) is 14.4 Å². The Labute approximate surface area is 169 Å². The molecule has 28 heavy (non-hydrogen) atoms. The second kappa shape index (κ2) is 6.49. The number of hydrogen-bond donors (Lipinski definition) is 0. The maximum absolute atomic E-state index is 12.1. The summed E-state index contributed by atoms with van der Waals surface area (Å²) in [7, 11) is -3.36. The van der Waals surface area contributed by atoms with Crippen molar-refractivity contribution in [3.8, 4) is 11.4 Å². The van der Waals surface area contributed by atoms with Crippen molar-refractivity contribution in [2.75, 3.05) is 18.9 Å². The molecule has 3 aliphatic heterocycles. The third kappa shape index (κ3) is 3.08. The molecule has 1 aliphatic carbocycles. The lowest BCUT2D eigenvalue weighted by Crippen LogP contribution is -2.62. The minimum atomic E-state index is -3.36. The number of benzene rings is 1. The summed E-state index contributed by atoms with van der Waals surface area (Å²) >= 11 is 5.92. The summed E-state index contributed by atoms with van der Waals surface area (Å²) in [6.07, 6.45) is 7.32. The van der Waals surface area contributed by atoms with Crippen molar-refractivity contribution in [2.24, 2.45) is 9.81 Å².